The summed E-state index contributed by atoms with van der Waals surface area (Å²) in [5.41, 5.74) is 2.32. The standard InChI is InChI=1S/C24H29NO4/c1-5-13-28-23(27)24(14-18-10-6-7-11-19(18)15-24)25-22(26)20-12-8-9-17(4)21(20)29-16(2)3/h6-12,16H,5,13-15H2,1-4H3,(H,25,26). The van der Waals surface area contributed by atoms with Crippen molar-refractivity contribution in [2.45, 2.75) is 58.6 Å². The maximum absolute atomic E-state index is 13.3. The summed E-state index contributed by atoms with van der Waals surface area (Å²) in [7, 11) is 0. The second kappa shape index (κ2) is 8.68. The van der Waals surface area contributed by atoms with Crippen LogP contribution in [-0.4, -0.2) is 30.1 Å². The average molecular weight is 395 g/mol. The number of ether oxygens (including phenoxy) is 2. The van der Waals surface area contributed by atoms with Crippen molar-refractivity contribution in [2.75, 3.05) is 6.61 Å². The highest BCUT2D eigenvalue weighted by Crippen LogP contribution is 2.33. The van der Waals surface area contributed by atoms with Gasteiger partial charge in [-0.15, -0.1) is 0 Å². The van der Waals surface area contributed by atoms with E-state index in [-0.39, 0.29) is 18.0 Å². The quantitative estimate of drug-likeness (QED) is 0.720. The van der Waals surface area contributed by atoms with Crippen molar-refractivity contribution in [3.8, 4) is 5.75 Å². The lowest BCUT2D eigenvalue weighted by Gasteiger charge is -2.28. The van der Waals surface area contributed by atoms with Gasteiger partial charge in [0, 0.05) is 12.8 Å². The van der Waals surface area contributed by atoms with Gasteiger partial charge in [-0.2, -0.15) is 0 Å². The molecule has 0 fully saturated rings. The monoisotopic (exact) mass is 395 g/mol. The number of hydrogen-bond acceptors (Lipinski definition) is 4. The highest BCUT2D eigenvalue weighted by molar-refractivity contribution is 6.01. The van der Waals surface area contributed by atoms with Crippen LogP contribution in [0, 0.1) is 6.92 Å². The molecule has 0 heterocycles. The first kappa shape index (κ1) is 20.9. The SMILES string of the molecule is CCCOC(=O)C1(NC(=O)c2cccc(C)c2OC(C)C)Cc2ccccc2C1. The second-order valence-electron chi connectivity index (χ2n) is 7.91. The highest BCUT2D eigenvalue weighted by atomic mass is 16.5. The number of benzene rings is 2. The number of rotatable bonds is 7. The molecule has 0 saturated heterocycles. The van der Waals surface area contributed by atoms with E-state index in [0.717, 1.165) is 23.1 Å². The number of aryl methyl sites for hydroxylation is 1. The van der Waals surface area contributed by atoms with Gasteiger partial charge in [0.2, 0.25) is 0 Å². The van der Waals surface area contributed by atoms with Crippen LogP contribution in [0.25, 0.3) is 0 Å². The van der Waals surface area contributed by atoms with E-state index in [0.29, 0.717) is 30.8 Å². The Labute approximate surface area is 172 Å². The second-order valence-corrected chi connectivity index (χ2v) is 7.91. The fourth-order valence-electron chi connectivity index (χ4n) is 3.74. The zero-order valence-corrected chi connectivity index (χ0v) is 17.6. The van der Waals surface area contributed by atoms with Gasteiger partial charge >= 0.3 is 5.97 Å². The first-order valence-electron chi connectivity index (χ1n) is 10.2. The lowest BCUT2D eigenvalue weighted by atomic mass is 9.94. The summed E-state index contributed by atoms with van der Waals surface area (Å²) in [4.78, 5) is 26.3. The molecule has 0 aliphatic heterocycles. The van der Waals surface area contributed by atoms with Gasteiger partial charge in [-0.3, -0.25) is 4.79 Å². The molecule has 5 nitrogen and oxygen atoms in total. The van der Waals surface area contributed by atoms with Crippen molar-refractivity contribution < 1.29 is 19.1 Å². The Bertz CT molecular complexity index is 879. The zero-order valence-electron chi connectivity index (χ0n) is 17.6. The normalized spacial score (nSPS) is 14.4. The molecule has 0 unspecified atom stereocenters. The highest BCUT2D eigenvalue weighted by Gasteiger charge is 2.46. The number of hydrogen-bond donors (Lipinski definition) is 1. The Kier molecular flexibility index (Phi) is 6.26. The number of para-hydroxylation sites is 1. The van der Waals surface area contributed by atoms with Crippen LogP contribution in [0.2, 0.25) is 0 Å². The van der Waals surface area contributed by atoms with Crippen molar-refractivity contribution >= 4 is 11.9 Å². The summed E-state index contributed by atoms with van der Waals surface area (Å²) in [6, 6.07) is 13.3. The molecule has 0 aromatic heterocycles. The van der Waals surface area contributed by atoms with Gasteiger partial charge in [0.1, 0.15) is 11.3 Å². The first-order valence-corrected chi connectivity index (χ1v) is 10.2. The molecule has 29 heavy (non-hydrogen) atoms. The topological polar surface area (TPSA) is 64.6 Å². The van der Waals surface area contributed by atoms with E-state index in [9.17, 15) is 9.59 Å². The van der Waals surface area contributed by atoms with Gasteiger partial charge in [-0.25, -0.2) is 4.79 Å². The van der Waals surface area contributed by atoms with Crippen molar-refractivity contribution in [1.29, 1.82) is 0 Å². The van der Waals surface area contributed by atoms with Gasteiger partial charge < -0.3 is 14.8 Å². The maximum atomic E-state index is 13.3. The summed E-state index contributed by atoms with van der Waals surface area (Å²) >= 11 is 0. The summed E-state index contributed by atoms with van der Waals surface area (Å²) < 4.78 is 11.4. The minimum absolute atomic E-state index is 0.0677. The average Bonchev–Trinajstić information content (AvgIpc) is 3.06. The molecule has 0 spiro atoms. The molecule has 154 valence electrons. The minimum Gasteiger partial charge on any atom is -0.490 e. The summed E-state index contributed by atoms with van der Waals surface area (Å²) in [6.45, 7) is 8.03. The molecule has 1 N–H and O–H groups in total. The third-order valence-electron chi connectivity index (χ3n) is 5.09. The summed E-state index contributed by atoms with van der Waals surface area (Å²) in [5, 5.41) is 3.01. The van der Waals surface area contributed by atoms with E-state index in [4.69, 9.17) is 9.47 Å². The number of esters is 1. The molecule has 1 aliphatic rings. The molecule has 0 bridgehead atoms. The van der Waals surface area contributed by atoms with Crippen LogP contribution in [-0.2, 0) is 22.4 Å². The summed E-state index contributed by atoms with van der Waals surface area (Å²) in [5.74, 6) is -0.166. The first-order chi connectivity index (χ1) is 13.9. The molecule has 5 heteroatoms. The lowest BCUT2D eigenvalue weighted by Crippen LogP contribution is -2.56. The van der Waals surface area contributed by atoms with Crippen LogP contribution < -0.4 is 10.1 Å². The van der Waals surface area contributed by atoms with Crippen LogP contribution >= 0.6 is 0 Å². The smallest absolute Gasteiger partial charge is 0.332 e. The minimum atomic E-state index is -1.10. The fraction of sp³-hybridized carbons (Fsp3) is 0.417. The third kappa shape index (κ3) is 4.44. The molecule has 1 aliphatic carbocycles. The Balaban J connectivity index is 1.93. The van der Waals surface area contributed by atoms with Crippen LogP contribution in [0.4, 0.5) is 0 Å². The van der Waals surface area contributed by atoms with Crippen LogP contribution in [0.15, 0.2) is 42.5 Å². The zero-order chi connectivity index (χ0) is 21.0. The third-order valence-corrected chi connectivity index (χ3v) is 5.09. The predicted molar refractivity (Wildman–Crippen MR) is 112 cm³/mol. The fourth-order valence-corrected chi connectivity index (χ4v) is 3.74. The number of carbonyl (C=O) groups is 2. The van der Waals surface area contributed by atoms with E-state index in [1.807, 2.05) is 64.1 Å². The van der Waals surface area contributed by atoms with Crippen molar-refractivity contribution in [3.63, 3.8) is 0 Å². The summed E-state index contributed by atoms with van der Waals surface area (Å²) in [6.07, 6.45) is 1.50. The van der Waals surface area contributed by atoms with E-state index >= 15 is 0 Å². The molecule has 0 radical (unpaired) electrons. The molecular weight excluding hydrogens is 366 g/mol. The van der Waals surface area contributed by atoms with Gasteiger partial charge in [0.05, 0.1) is 18.3 Å². The predicted octanol–water partition coefficient (Wildman–Crippen LogP) is 4.00. The van der Waals surface area contributed by atoms with Gasteiger partial charge in [-0.1, -0.05) is 43.3 Å². The largest absolute Gasteiger partial charge is 0.490 e. The molecule has 1 amide bonds. The van der Waals surface area contributed by atoms with Crippen LogP contribution in [0.5, 0.6) is 5.75 Å². The number of carbonyl (C=O) groups excluding carboxylic acids is 2. The van der Waals surface area contributed by atoms with Gasteiger partial charge in [0.15, 0.2) is 0 Å². The maximum Gasteiger partial charge on any atom is 0.332 e. The van der Waals surface area contributed by atoms with Crippen molar-refractivity contribution in [3.05, 3.63) is 64.7 Å². The molecule has 3 rings (SSSR count). The van der Waals surface area contributed by atoms with Gasteiger partial charge in [0.25, 0.3) is 5.91 Å². The van der Waals surface area contributed by atoms with Crippen LogP contribution in [0.3, 0.4) is 0 Å². The Morgan fingerprint density at radius 2 is 1.72 bits per heavy atom. The Hall–Kier alpha value is -2.82. The molecule has 0 saturated carbocycles. The Morgan fingerprint density at radius 1 is 1.07 bits per heavy atom. The Morgan fingerprint density at radius 3 is 2.31 bits per heavy atom. The van der Waals surface area contributed by atoms with E-state index in [1.54, 1.807) is 6.07 Å². The van der Waals surface area contributed by atoms with E-state index in [1.165, 1.54) is 0 Å². The molecule has 2 aromatic carbocycles. The number of fused-ring (bicyclic) bond motifs is 1. The van der Waals surface area contributed by atoms with Crippen molar-refractivity contribution in [2.24, 2.45) is 0 Å². The van der Waals surface area contributed by atoms with Crippen LogP contribution in [0.1, 0.15) is 54.2 Å². The van der Waals surface area contributed by atoms with E-state index < -0.39 is 5.54 Å². The van der Waals surface area contributed by atoms with Crippen molar-refractivity contribution in [1.82, 2.24) is 5.32 Å². The van der Waals surface area contributed by atoms with E-state index in [2.05, 4.69) is 5.32 Å². The lowest BCUT2D eigenvalue weighted by molar-refractivity contribution is -0.151. The molecular formula is C24H29NO4. The molecule has 0 atom stereocenters. The van der Waals surface area contributed by atoms with Gasteiger partial charge in [-0.05, 0) is 49.9 Å². The number of amides is 1. The number of nitrogens with one attached hydrogen (secondary N) is 1. The molecule has 2 aromatic rings.